The van der Waals surface area contributed by atoms with Crippen LogP contribution in [0.2, 0.25) is 10.0 Å². The highest BCUT2D eigenvalue weighted by atomic mass is 35.5. The summed E-state index contributed by atoms with van der Waals surface area (Å²) < 4.78 is 0. The Bertz CT molecular complexity index is 532. The van der Waals surface area contributed by atoms with E-state index in [4.69, 9.17) is 23.2 Å². The zero-order chi connectivity index (χ0) is 14.8. The van der Waals surface area contributed by atoms with Gasteiger partial charge in [0.05, 0.1) is 10.8 Å². The van der Waals surface area contributed by atoms with E-state index in [0.717, 1.165) is 17.7 Å². The van der Waals surface area contributed by atoms with Gasteiger partial charge in [-0.05, 0) is 43.9 Å². The molecule has 7 heteroatoms. The topological polar surface area (TPSA) is 41.1 Å². The van der Waals surface area contributed by atoms with Crippen molar-refractivity contribution in [3.05, 3.63) is 28.2 Å². The van der Waals surface area contributed by atoms with Crippen LogP contribution in [0, 0.1) is 0 Å². The van der Waals surface area contributed by atoms with E-state index in [1.807, 2.05) is 0 Å². The van der Waals surface area contributed by atoms with Crippen molar-refractivity contribution in [2.45, 2.75) is 48.7 Å². The molecule has 22 heavy (non-hydrogen) atoms. The summed E-state index contributed by atoms with van der Waals surface area (Å²) in [5.74, 6) is 0.446. The van der Waals surface area contributed by atoms with Crippen LogP contribution in [0.1, 0.15) is 25.7 Å². The summed E-state index contributed by atoms with van der Waals surface area (Å²) in [6.45, 7) is 0. The van der Waals surface area contributed by atoms with Gasteiger partial charge in [-0.1, -0.05) is 23.2 Å². The van der Waals surface area contributed by atoms with Crippen molar-refractivity contribution in [2.24, 2.45) is 0 Å². The maximum Gasteiger partial charge on any atom is 0.230 e. The number of hydrogen-bond acceptors (Lipinski definition) is 3. The molecule has 0 aliphatic carbocycles. The molecule has 1 aromatic carbocycles. The molecule has 2 aliphatic rings. The second kappa shape index (κ2) is 8.11. The van der Waals surface area contributed by atoms with E-state index in [1.54, 1.807) is 18.2 Å². The molecule has 2 saturated heterocycles. The molecule has 1 aromatic rings. The van der Waals surface area contributed by atoms with Gasteiger partial charge < -0.3 is 10.6 Å². The zero-order valence-electron chi connectivity index (χ0n) is 12.0. The normalized spacial score (nSPS) is 26.4. The van der Waals surface area contributed by atoms with E-state index < -0.39 is 0 Å². The first-order valence-corrected chi connectivity index (χ1v) is 8.97. The highest BCUT2D eigenvalue weighted by Gasteiger charge is 2.33. The van der Waals surface area contributed by atoms with Crippen molar-refractivity contribution < 1.29 is 4.79 Å². The molecule has 2 unspecified atom stereocenters. The molecule has 3 rings (SSSR count). The van der Waals surface area contributed by atoms with Crippen LogP contribution in [0.4, 0.5) is 0 Å². The lowest BCUT2D eigenvalue weighted by Crippen LogP contribution is -2.48. The van der Waals surface area contributed by atoms with Crippen LogP contribution in [0.15, 0.2) is 23.1 Å². The van der Waals surface area contributed by atoms with E-state index in [2.05, 4.69) is 10.6 Å². The molecular weight excluding hydrogens is 363 g/mol. The van der Waals surface area contributed by atoms with Crippen molar-refractivity contribution in [1.29, 1.82) is 0 Å². The molecule has 0 saturated carbocycles. The van der Waals surface area contributed by atoms with E-state index in [0.29, 0.717) is 33.9 Å². The molecule has 2 N–H and O–H groups in total. The molecule has 0 aromatic heterocycles. The third-order valence-electron chi connectivity index (χ3n) is 4.09. The van der Waals surface area contributed by atoms with Gasteiger partial charge in [0.1, 0.15) is 0 Å². The lowest BCUT2D eigenvalue weighted by atomic mass is 10.00. The Morgan fingerprint density at radius 2 is 1.95 bits per heavy atom. The second-order valence-corrected chi connectivity index (χ2v) is 7.60. The summed E-state index contributed by atoms with van der Waals surface area (Å²) >= 11 is 13.5. The van der Waals surface area contributed by atoms with Crippen molar-refractivity contribution in [2.75, 3.05) is 5.75 Å². The Kier molecular flexibility index (Phi) is 6.72. The summed E-state index contributed by atoms with van der Waals surface area (Å²) in [6.07, 6.45) is 4.57. The smallest absolute Gasteiger partial charge is 0.230 e. The standard InChI is InChI=1S/C15H18Cl2N2OS.ClH/c16-9-1-4-13(17)14(5-9)21-8-15(20)19-12-6-10-2-3-11(7-12)18-10;/h1,4-5,10-12,18H,2-3,6-8H2,(H,19,20);1H. The zero-order valence-corrected chi connectivity index (χ0v) is 15.1. The molecule has 1 amide bonds. The van der Waals surface area contributed by atoms with Crippen molar-refractivity contribution in [3.8, 4) is 0 Å². The number of rotatable bonds is 4. The van der Waals surface area contributed by atoms with E-state index in [1.165, 1.54) is 24.6 Å². The number of carbonyl (C=O) groups excluding carboxylic acids is 1. The predicted octanol–water partition coefficient (Wildman–Crippen LogP) is 3.91. The molecule has 2 heterocycles. The van der Waals surface area contributed by atoms with Gasteiger partial charge >= 0.3 is 0 Å². The highest BCUT2D eigenvalue weighted by molar-refractivity contribution is 8.00. The largest absolute Gasteiger partial charge is 0.353 e. The lowest BCUT2D eigenvalue weighted by molar-refractivity contribution is -0.119. The lowest BCUT2D eigenvalue weighted by Gasteiger charge is -2.29. The monoisotopic (exact) mass is 380 g/mol. The van der Waals surface area contributed by atoms with Crippen LogP contribution in [0.3, 0.4) is 0 Å². The van der Waals surface area contributed by atoms with E-state index in [9.17, 15) is 4.79 Å². The molecular formula is C15H19Cl3N2OS. The van der Waals surface area contributed by atoms with Crippen LogP contribution in [0.5, 0.6) is 0 Å². The minimum atomic E-state index is 0. The molecule has 122 valence electrons. The summed E-state index contributed by atoms with van der Waals surface area (Å²) in [5, 5.41) is 8.00. The van der Waals surface area contributed by atoms with Crippen LogP contribution in [-0.2, 0) is 4.79 Å². The van der Waals surface area contributed by atoms with Gasteiger partial charge in [-0.3, -0.25) is 4.79 Å². The van der Waals surface area contributed by atoms with Gasteiger partial charge in [-0.2, -0.15) is 0 Å². The fourth-order valence-electron chi connectivity index (χ4n) is 3.18. The van der Waals surface area contributed by atoms with Crippen LogP contribution in [0.25, 0.3) is 0 Å². The highest BCUT2D eigenvalue weighted by Crippen LogP contribution is 2.30. The number of carbonyl (C=O) groups is 1. The van der Waals surface area contributed by atoms with Gasteiger partial charge in [0.25, 0.3) is 0 Å². The summed E-state index contributed by atoms with van der Waals surface area (Å²) in [4.78, 5) is 12.9. The Morgan fingerprint density at radius 3 is 2.64 bits per heavy atom. The van der Waals surface area contributed by atoms with Gasteiger partial charge in [0, 0.05) is 28.0 Å². The fourth-order valence-corrected chi connectivity index (χ4v) is 4.48. The van der Waals surface area contributed by atoms with Gasteiger partial charge in [-0.25, -0.2) is 0 Å². The van der Waals surface area contributed by atoms with Crippen LogP contribution < -0.4 is 10.6 Å². The maximum absolute atomic E-state index is 12.1. The fraction of sp³-hybridized carbons (Fsp3) is 0.533. The average molecular weight is 382 g/mol. The summed E-state index contributed by atoms with van der Waals surface area (Å²) in [6, 6.07) is 6.79. The first-order chi connectivity index (χ1) is 10.1. The van der Waals surface area contributed by atoms with E-state index >= 15 is 0 Å². The minimum absolute atomic E-state index is 0. The van der Waals surface area contributed by atoms with Gasteiger partial charge in [-0.15, -0.1) is 24.2 Å². The Balaban J connectivity index is 0.00000176. The molecule has 0 spiro atoms. The van der Waals surface area contributed by atoms with Crippen LogP contribution >= 0.6 is 47.4 Å². The van der Waals surface area contributed by atoms with Crippen molar-refractivity contribution >= 4 is 53.3 Å². The number of nitrogens with one attached hydrogen (secondary N) is 2. The van der Waals surface area contributed by atoms with Gasteiger partial charge in [0.2, 0.25) is 5.91 Å². The number of fused-ring (bicyclic) bond motifs is 2. The Morgan fingerprint density at radius 1 is 1.27 bits per heavy atom. The SMILES string of the molecule is Cl.O=C(CSc1cc(Cl)ccc1Cl)NC1CC2CCC(C1)N2. The molecule has 2 atom stereocenters. The average Bonchev–Trinajstić information content (AvgIpc) is 2.79. The maximum atomic E-state index is 12.1. The number of benzene rings is 1. The van der Waals surface area contributed by atoms with Crippen molar-refractivity contribution in [1.82, 2.24) is 10.6 Å². The van der Waals surface area contributed by atoms with E-state index in [-0.39, 0.29) is 18.3 Å². The number of thioether (sulfide) groups is 1. The molecule has 2 aliphatic heterocycles. The summed E-state index contributed by atoms with van der Waals surface area (Å²) in [5.41, 5.74) is 0. The molecule has 2 fully saturated rings. The quantitative estimate of drug-likeness (QED) is 0.777. The molecule has 3 nitrogen and oxygen atoms in total. The first-order valence-electron chi connectivity index (χ1n) is 7.23. The molecule has 2 bridgehead atoms. The first kappa shape index (κ1) is 18.2. The number of amides is 1. The third kappa shape index (κ3) is 4.68. The Labute approximate surface area is 151 Å². The number of piperidine rings is 1. The molecule has 0 radical (unpaired) electrons. The number of hydrogen-bond donors (Lipinski definition) is 2. The van der Waals surface area contributed by atoms with Crippen molar-refractivity contribution in [3.63, 3.8) is 0 Å². The number of halogens is 3. The predicted molar refractivity (Wildman–Crippen MR) is 95.5 cm³/mol. The van der Waals surface area contributed by atoms with Crippen LogP contribution in [-0.4, -0.2) is 29.8 Å². The third-order valence-corrected chi connectivity index (χ3v) is 5.82. The summed E-state index contributed by atoms with van der Waals surface area (Å²) in [7, 11) is 0. The Hall–Kier alpha value is -0.130. The minimum Gasteiger partial charge on any atom is -0.353 e. The van der Waals surface area contributed by atoms with Gasteiger partial charge in [0.15, 0.2) is 0 Å². The second-order valence-electron chi connectivity index (χ2n) is 5.74.